The molecular formula is C12H11BrN2O. The van der Waals surface area contributed by atoms with Gasteiger partial charge in [0.15, 0.2) is 5.75 Å². The van der Waals surface area contributed by atoms with E-state index in [2.05, 4.69) is 21.0 Å². The maximum Gasteiger partial charge on any atom is 0.179 e. The summed E-state index contributed by atoms with van der Waals surface area (Å²) < 4.78 is 8.65. The monoisotopic (exact) mass is 278 g/mol. The average molecular weight is 279 g/mol. The molecule has 4 heteroatoms. The summed E-state index contributed by atoms with van der Waals surface area (Å²) in [6.45, 7) is 0. The molecule has 0 bridgehead atoms. The van der Waals surface area contributed by atoms with Gasteiger partial charge in [-0.2, -0.15) is 5.10 Å². The number of nitrogens with zero attached hydrogens (tertiary/aromatic N) is 2. The van der Waals surface area contributed by atoms with Crippen LogP contribution in [0, 0.1) is 0 Å². The Bertz CT molecular complexity index is 491. The number of halogens is 1. The Kier molecular flexibility index (Phi) is 2.44. The number of benzene rings is 1. The fraction of sp³-hybridized carbons (Fsp3) is 0.250. The van der Waals surface area contributed by atoms with Gasteiger partial charge in [0.2, 0.25) is 0 Å². The smallest absolute Gasteiger partial charge is 0.179 e. The Balaban J connectivity index is 1.84. The largest absolute Gasteiger partial charge is 0.453 e. The van der Waals surface area contributed by atoms with E-state index in [0.29, 0.717) is 6.04 Å². The Hall–Kier alpha value is -1.29. The predicted octanol–water partition coefficient (Wildman–Crippen LogP) is 3.77. The van der Waals surface area contributed by atoms with Crippen molar-refractivity contribution >= 4 is 15.9 Å². The first-order valence-corrected chi connectivity index (χ1v) is 6.10. The van der Waals surface area contributed by atoms with Crippen molar-refractivity contribution in [3.05, 3.63) is 41.1 Å². The second-order valence-corrected chi connectivity index (χ2v) is 4.64. The minimum absolute atomic E-state index is 0.558. The molecule has 1 fully saturated rings. The number of aromatic nitrogens is 2. The van der Waals surface area contributed by atoms with Crippen LogP contribution >= 0.6 is 15.9 Å². The third-order valence-corrected chi connectivity index (χ3v) is 3.32. The zero-order chi connectivity index (χ0) is 11.0. The molecule has 2 aromatic rings. The molecule has 0 aliphatic heterocycles. The second-order valence-electron chi connectivity index (χ2n) is 3.89. The van der Waals surface area contributed by atoms with Crippen molar-refractivity contribution in [2.24, 2.45) is 0 Å². The third-order valence-electron chi connectivity index (χ3n) is 2.57. The van der Waals surface area contributed by atoms with Crippen LogP contribution in [0.3, 0.4) is 0 Å². The highest BCUT2D eigenvalue weighted by Crippen LogP contribution is 2.40. The van der Waals surface area contributed by atoms with Gasteiger partial charge in [-0.15, -0.1) is 0 Å². The molecule has 1 aliphatic rings. The van der Waals surface area contributed by atoms with E-state index in [1.807, 2.05) is 35.0 Å². The summed E-state index contributed by atoms with van der Waals surface area (Å²) in [6.07, 6.45) is 4.19. The van der Waals surface area contributed by atoms with Crippen molar-refractivity contribution in [2.45, 2.75) is 18.9 Å². The van der Waals surface area contributed by atoms with E-state index >= 15 is 0 Å². The van der Waals surface area contributed by atoms with Gasteiger partial charge in [0, 0.05) is 0 Å². The molecule has 0 saturated heterocycles. The van der Waals surface area contributed by atoms with E-state index < -0.39 is 0 Å². The van der Waals surface area contributed by atoms with Gasteiger partial charge in [0.1, 0.15) is 10.4 Å². The van der Waals surface area contributed by atoms with Crippen LogP contribution in [0.5, 0.6) is 11.5 Å². The maximum absolute atomic E-state index is 5.74. The average Bonchev–Trinajstić information content (AvgIpc) is 3.08. The minimum Gasteiger partial charge on any atom is -0.453 e. The lowest BCUT2D eigenvalue weighted by Crippen LogP contribution is -1.95. The molecule has 0 amide bonds. The highest BCUT2D eigenvalue weighted by atomic mass is 79.9. The SMILES string of the molecule is Brc1c(Oc2ccccc2)cnn1C1CC1. The number of ether oxygens (including phenoxy) is 1. The quantitative estimate of drug-likeness (QED) is 0.855. The first-order chi connectivity index (χ1) is 7.84. The van der Waals surface area contributed by atoms with Crippen LogP contribution < -0.4 is 4.74 Å². The van der Waals surface area contributed by atoms with E-state index in [0.717, 1.165) is 16.1 Å². The summed E-state index contributed by atoms with van der Waals surface area (Å²) in [5.74, 6) is 1.61. The molecule has 1 heterocycles. The molecule has 0 atom stereocenters. The molecule has 0 unspecified atom stereocenters. The highest BCUT2D eigenvalue weighted by molar-refractivity contribution is 9.10. The second kappa shape index (κ2) is 3.94. The van der Waals surface area contributed by atoms with E-state index in [1.54, 1.807) is 6.20 Å². The van der Waals surface area contributed by atoms with Gasteiger partial charge in [0.25, 0.3) is 0 Å². The van der Waals surface area contributed by atoms with Gasteiger partial charge in [-0.1, -0.05) is 18.2 Å². The van der Waals surface area contributed by atoms with Crippen molar-refractivity contribution < 1.29 is 4.74 Å². The van der Waals surface area contributed by atoms with E-state index in [-0.39, 0.29) is 0 Å². The molecule has 16 heavy (non-hydrogen) atoms. The van der Waals surface area contributed by atoms with Crippen LogP contribution in [0.4, 0.5) is 0 Å². The van der Waals surface area contributed by atoms with Gasteiger partial charge >= 0.3 is 0 Å². The summed E-state index contributed by atoms with van der Waals surface area (Å²) in [4.78, 5) is 0. The van der Waals surface area contributed by atoms with Crippen molar-refractivity contribution in [1.29, 1.82) is 0 Å². The lowest BCUT2D eigenvalue weighted by molar-refractivity contribution is 0.476. The lowest BCUT2D eigenvalue weighted by Gasteiger charge is -2.04. The number of hydrogen-bond donors (Lipinski definition) is 0. The molecule has 1 saturated carbocycles. The van der Waals surface area contributed by atoms with Crippen LogP contribution in [0.2, 0.25) is 0 Å². The van der Waals surface area contributed by atoms with Crippen LogP contribution in [0.25, 0.3) is 0 Å². The summed E-state index contributed by atoms with van der Waals surface area (Å²) in [5, 5.41) is 4.32. The Morgan fingerprint density at radius 2 is 2.00 bits per heavy atom. The van der Waals surface area contributed by atoms with Crippen LogP contribution in [0.1, 0.15) is 18.9 Å². The van der Waals surface area contributed by atoms with Gasteiger partial charge < -0.3 is 4.74 Å². The summed E-state index contributed by atoms with van der Waals surface area (Å²) in [7, 11) is 0. The van der Waals surface area contributed by atoms with Crippen LogP contribution in [-0.4, -0.2) is 9.78 Å². The first kappa shape index (κ1) is 9.90. The van der Waals surface area contributed by atoms with Crippen molar-refractivity contribution in [3.8, 4) is 11.5 Å². The highest BCUT2D eigenvalue weighted by Gasteiger charge is 2.27. The fourth-order valence-corrected chi connectivity index (χ4v) is 2.15. The zero-order valence-electron chi connectivity index (χ0n) is 8.64. The lowest BCUT2D eigenvalue weighted by atomic mass is 10.3. The fourth-order valence-electron chi connectivity index (χ4n) is 1.59. The molecule has 0 N–H and O–H groups in total. The van der Waals surface area contributed by atoms with Gasteiger partial charge in [-0.25, -0.2) is 0 Å². The van der Waals surface area contributed by atoms with E-state index in [4.69, 9.17) is 4.74 Å². The first-order valence-electron chi connectivity index (χ1n) is 5.30. The summed E-state index contributed by atoms with van der Waals surface area (Å²) in [5.41, 5.74) is 0. The molecule has 3 nitrogen and oxygen atoms in total. The van der Waals surface area contributed by atoms with E-state index in [9.17, 15) is 0 Å². The molecule has 1 aromatic heterocycles. The van der Waals surface area contributed by atoms with Crippen molar-refractivity contribution in [3.63, 3.8) is 0 Å². The Morgan fingerprint density at radius 1 is 1.25 bits per heavy atom. The normalized spacial score (nSPS) is 15.1. The third kappa shape index (κ3) is 1.85. The zero-order valence-corrected chi connectivity index (χ0v) is 10.2. The van der Waals surface area contributed by atoms with Crippen LogP contribution in [-0.2, 0) is 0 Å². The Morgan fingerprint density at radius 3 is 2.69 bits per heavy atom. The number of hydrogen-bond acceptors (Lipinski definition) is 2. The van der Waals surface area contributed by atoms with Gasteiger partial charge in [-0.05, 0) is 40.9 Å². The van der Waals surface area contributed by atoms with Gasteiger partial charge in [0.05, 0.1) is 12.2 Å². The molecule has 82 valence electrons. The molecule has 0 radical (unpaired) electrons. The predicted molar refractivity (Wildman–Crippen MR) is 64.7 cm³/mol. The Labute approximate surface area is 102 Å². The number of para-hydroxylation sites is 1. The summed E-state index contributed by atoms with van der Waals surface area (Å²) in [6, 6.07) is 10.3. The minimum atomic E-state index is 0.558. The summed E-state index contributed by atoms with van der Waals surface area (Å²) >= 11 is 3.52. The topological polar surface area (TPSA) is 27.1 Å². The maximum atomic E-state index is 5.74. The van der Waals surface area contributed by atoms with Crippen molar-refractivity contribution in [1.82, 2.24) is 9.78 Å². The molecule has 1 aromatic carbocycles. The number of rotatable bonds is 3. The van der Waals surface area contributed by atoms with Crippen molar-refractivity contribution in [2.75, 3.05) is 0 Å². The molecule has 3 rings (SSSR count). The van der Waals surface area contributed by atoms with Crippen LogP contribution in [0.15, 0.2) is 41.1 Å². The standard InChI is InChI=1S/C12H11BrN2O/c13-12-11(8-14-15(12)9-6-7-9)16-10-4-2-1-3-5-10/h1-5,8-9H,6-7H2. The van der Waals surface area contributed by atoms with E-state index in [1.165, 1.54) is 12.8 Å². The molecule has 1 aliphatic carbocycles. The molecule has 0 spiro atoms. The molecular weight excluding hydrogens is 268 g/mol. The van der Waals surface area contributed by atoms with Gasteiger partial charge in [-0.3, -0.25) is 4.68 Å².